The Hall–Kier alpha value is -1.35. The maximum atomic E-state index is 12.8. The monoisotopic (exact) mass is 224 g/mol. The van der Waals surface area contributed by atoms with E-state index in [4.69, 9.17) is 16.9 Å². The average molecular weight is 225 g/mol. The van der Waals surface area contributed by atoms with E-state index < -0.39 is 28.4 Å². The first-order valence-corrected chi connectivity index (χ1v) is 3.57. The lowest BCUT2D eigenvalue weighted by atomic mass is 10.2. The number of pyridine rings is 1. The molecule has 0 spiro atoms. The van der Waals surface area contributed by atoms with Crippen molar-refractivity contribution in [2.45, 2.75) is 6.18 Å². The van der Waals surface area contributed by atoms with Gasteiger partial charge in [-0.05, 0) is 6.07 Å². The Morgan fingerprint density at radius 3 is 2.43 bits per heavy atom. The number of nitriles is 1. The molecule has 14 heavy (non-hydrogen) atoms. The molecule has 0 N–H and O–H groups in total. The van der Waals surface area contributed by atoms with Crippen LogP contribution in [0, 0.1) is 17.1 Å². The highest BCUT2D eigenvalue weighted by Crippen LogP contribution is 2.30. The molecule has 0 saturated heterocycles. The van der Waals surface area contributed by atoms with E-state index in [1.165, 1.54) is 6.07 Å². The zero-order valence-electron chi connectivity index (χ0n) is 6.36. The third-order valence-corrected chi connectivity index (χ3v) is 1.58. The molecule has 0 aliphatic heterocycles. The molecule has 74 valence electrons. The Bertz CT molecular complexity index is 407. The Kier molecular flexibility index (Phi) is 2.62. The lowest BCUT2D eigenvalue weighted by molar-refractivity contribution is -0.141. The van der Waals surface area contributed by atoms with E-state index in [-0.39, 0.29) is 0 Å². The van der Waals surface area contributed by atoms with Crippen LogP contribution in [0.15, 0.2) is 6.07 Å². The SMILES string of the molecule is N#Cc1cc(C(F)(F)F)nc(Cl)c1F. The standard InChI is InChI=1S/C7HClF4N2/c8-6-5(9)3(2-13)1-4(14-6)7(10,11)12/h1H. The summed E-state index contributed by atoms with van der Waals surface area (Å²) in [6.07, 6.45) is -4.75. The van der Waals surface area contributed by atoms with E-state index in [1.54, 1.807) is 0 Å². The van der Waals surface area contributed by atoms with Gasteiger partial charge in [-0.3, -0.25) is 0 Å². The first kappa shape index (κ1) is 10.7. The number of alkyl halides is 3. The summed E-state index contributed by atoms with van der Waals surface area (Å²) in [6, 6.07) is 1.56. The van der Waals surface area contributed by atoms with Gasteiger partial charge in [-0.2, -0.15) is 18.4 Å². The van der Waals surface area contributed by atoms with Crippen molar-refractivity contribution in [3.05, 3.63) is 28.3 Å². The van der Waals surface area contributed by atoms with E-state index in [0.29, 0.717) is 6.07 Å². The normalized spacial score (nSPS) is 11.1. The Morgan fingerprint density at radius 1 is 1.43 bits per heavy atom. The van der Waals surface area contributed by atoms with Crippen LogP contribution in [-0.2, 0) is 6.18 Å². The second kappa shape index (κ2) is 3.42. The predicted octanol–water partition coefficient (Wildman–Crippen LogP) is 2.76. The van der Waals surface area contributed by atoms with Crippen LogP contribution in [-0.4, -0.2) is 4.98 Å². The number of aromatic nitrogens is 1. The molecule has 0 saturated carbocycles. The van der Waals surface area contributed by atoms with Gasteiger partial charge in [-0.25, -0.2) is 9.37 Å². The fraction of sp³-hybridized carbons (Fsp3) is 0.143. The molecule has 0 aromatic carbocycles. The van der Waals surface area contributed by atoms with Crippen molar-refractivity contribution in [1.82, 2.24) is 4.98 Å². The molecule has 0 bridgehead atoms. The molecule has 0 amide bonds. The topological polar surface area (TPSA) is 36.7 Å². The predicted molar refractivity (Wildman–Crippen MR) is 38.9 cm³/mol. The van der Waals surface area contributed by atoms with Gasteiger partial charge in [0.1, 0.15) is 11.8 Å². The minimum atomic E-state index is -4.75. The first-order chi connectivity index (χ1) is 6.36. The van der Waals surface area contributed by atoms with Crippen molar-refractivity contribution < 1.29 is 17.6 Å². The largest absolute Gasteiger partial charge is 0.433 e. The van der Waals surface area contributed by atoms with Crippen LogP contribution in [0.2, 0.25) is 5.15 Å². The molecule has 7 heteroatoms. The molecule has 0 fully saturated rings. The van der Waals surface area contributed by atoms with Gasteiger partial charge >= 0.3 is 6.18 Å². The van der Waals surface area contributed by atoms with Crippen molar-refractivity contribution >= 4 is 11.6 Å². The molecular formula is C7HClF4N2. The molecule has 2 nitrogen and oxygen atoms in total. The van der Waals surface area contributed by atoms with E-state index >= 15 is 0 Å². The smallest absolute Gasteiger partial charge is 0.228 e. The number of rotatable bonds is 0. The van der Waals surface area contributed by atoms with Crippen molar-refractivity contribution in [3.63, 3.8) is 0 Å². The molecule has 0 aliphatic carbocycles. The summed E-state index contributed by atoms with van der Waals surface area (Å²) in [6.45, 7) is 0. The van der Waals surface area contributed by atoms with Crippen molar-refractivity contribution in [3.8, 4) is 6.07 Å². The van der Waals surface area contributed by atoms with E-state index in [2.05, 4.69) is 4.98 Å². The summed E-state index contributed by atoms with van der Waals surface area (Å²) in [5.41, 5.74) is -2.17. The quantitative estimate of drug-likeness (QED) is 0.502. The second-order valence-electron chi connectivity index (χ2n) is 2.27. The van der Waals surface area contributed by atoms with Crippen LogP contribution in [0.1, 0.15) is 11.3 Å². The maximum Gasteiger partial charge on any atom is 0.433 e. The summed E-state index contributed by atoms with van der Waals surface area (Å²) in [4.78, 5) is 2.77. The Morgan fingerprint density at radius 2 is 2.00 bits per heavy atom. The summed E-state index contributed by atoms with van der Waals surface area (Å²) >= 11 is 5.07. The molecule has 1 aromatic heterocycles. The molecule has 0 radical (unpaired) electrons. The van der Waals surface area contributed by atoms with Crippen LogP contribution in [0.5, 0.6) is 0 Å². The zero-order chi connectivity index (χ0) is 10.9. The Balaban J connectivity index is 3.40. The highest BCUT2D eigenvalue weighted by atomic mass is 35.5. The number of nitrogens with zero attached hydrogens (tertiary/aromatic N) is 2. The van der Waals surface area contributed by atoms with Gasteiger partial charge in [0.05, 0.1) is 5.56 Å². The molecular weight excluding hydrogens is 224 g/mol. The van der Waals surface area contributed by atoms with Crippen molar-refractivity contribution in [2.75, 3.05) is 0 Å². The highest BCUT2D eigenvalue weighted by Gasteiger charge is 2.34. The van der Waals surface area contributed by atoms with Crippen LogP contribution in [0.4, 0.5) is 17.6 Å². The van der Waals surface area contributed by atoms with Gasteiger partial charge in [-0.1, -0.05) is 11.6 Å². The zero-order valence-corrected chi connectivity index (χ0v) is 7.12. The number of halogens is 5. The Labute approximate surface area is 80.7 Å². The molecule has 1 aromatic rings. The van der Waals surface area contributed by atoms with Gasteiger partial charge in [0, 0.05) is 0 Å². The number of hydrogen-bond donors (Lipinski definition) is 0. The summed E-state index contributed by atoms with van der Waals surface area (Å²) < 4.78 is 49.0. The van der Waals surface area contributed by atoms with Gasteiger partial charge in [0.15, 0.2) is 11.0 Å². The highest BCUT2D eigenvalue weighted by molar-refractivity contribution is 6.29. The van der Waals surface area contributed by atoms with Crippen molar-refractivity contribution in [2.24, 2.45) is 0 Å². The lowest BCUT2D eigenvalue weighted by Crippen LogP contribution is -2.09. The minimum Gasteiger partial charge on any atom is -0.228 e. The fourth-order valence-corrected chi connectivity index (χ4v) is 0.918. The lowest BCUT2D eigenvalue weighted by Gasteiger charge is -2.06. The molecule has 1 heterocycles. The van der Waals surface area contributed by atoms with Crippen LogP contribution in [0.3, 0.4) is 0 Å². The molecule has 0 unspecified atom stereocenters. The average Bonchev–Trinajstić information content (AvgIpc) is 2.07. The van der Waals surface area contributed by atoms with E-state index in [9.17, 15) is 17.6 Å². The summed E-state index contributed by atoms with van der Waals surface area (Å²) in [7, 11) is 0. The van der Waals surface area contributed by atoms with Crippen LogP contribution < -0.4 is 0 Å². The fourth-order valence-electron chi connectivity index (χ4n) is 0.725. The summed E-state index contributed by atoms with van der Waals surface area (Å²) in [5, 5.41) is 7.33. The second-order valence-corrected chi connectivity index (χ2v) is 2.63. The third-order valence-electron chi connectivity index (χ3n) is 1.33. The van der Waals surface area contributed by atoms with Gasteiger partial charge < -0.3 is 0 Å². The first-order valence-electron chi connectivity index (χ1n) is 3.19. The van der Waals surface area contributed by atoms with Crippen LogP contribution >= 0.6 is 11.6 Å². The maximum absolute atomic E-state index is 12.8. The summed E-state index contributed by atoms with van der Waals surface area (Å²) in [5.74, 6) is -1.25. The van der Waals surface area contributed by atoms with Crippen LogP contribution in [0.25, 0.3) is 0 Å². The third kappa shape index (κ3) is 1.93. The van der Waals surface area contributed by atoms with E-state index in [0.717, 1.165) is 0 Å². The molecule has 1 rings (SSSR count). The van der Waals surface area contributed by atoms with Gasteiger partial charge in [0.25, 0.3) is 0 Å². The minimum absolute atomic E-state index is 0.307. The molecule has 0 aliphatic rings. The number of hydrogen-bond acceptors (Lipinski definition) is 2. The van der Waals surface area contributed by atoms with Gasteiger partial charge in [-0.15, -0.1) is 0 Å². The van der Waals surface area contributed by atoms with Crippen molar-refractivity contribution in [1.29, 1.82) is 5.26 Å². The van der Waals surface area contributed by atoms with E-state index in [1.807, 2.05) is 0 Å². The molecule has 0 atom stereocenters. The van der Waals surface area contributed by atoms with Gasteiger partial charge in [0.2, 0.25) is 0 Å².